The van der Waals surface area contributed by atoms with Gasteiger partial charge in [0.05, 0.1) is 49.8 Å². The molecule has 3 aliphatic rings. The van der Waals surface area contributed by atoms with Crippen LogP contribution in [0.3, 0.4) is 0 Å². The number of carboxylic acids is 3. The Morgan fingerprint density at radius 3 is 1.81 bits per heavy atom. The summed E-state index contributed by atoms with van der Waals surface area (Å²) in [5.74, 6) is -4.12. The topological polar surface area (TPSA) is 260 Å². The van der Waals surface area contributed by atoms with Crippen LogP contribution in [0.15, 0.2) is 30.5 Å². The molecule has 0 bridgehead atoms. The predicted molar refractivity (Wildman–Crippen MR) is 225 cm³/mol. The molecule has 3 amide bonds. The molecule has 3 aliphatic heterocycles. The second-order valence-corrected chi connectivity index (χ2v) is 16.1. The maximum absolute atomic E-state index is 13.6. The number of ether oxygens (including phenoxy) is 1. The Bertz CT molecular complexity index is 1840. The van der Waals surface area contributed by atoms with E-state index >= 15 is 0 Å². The summed E-state index contributed by atoms with van der Waals surface area (Å²) in [5.41, 5.74) is 0.899. The molecule has 4 heterocycles. The van der Waals surface area contributed by atoms with Crippen molar-refractivity contribution in [3.63, 3.8) is 0 Å². The number of rotatable bonds is 17. The van der Waals surface area contributed by atoms with E-state index in [1.54, 1.807) is 45.9 Å². The van der Waals surface area contributed by atoms with Crippen LogP contribution in [0, 0.1) is 0 Å². The maximum Gasteiger partial charge on any atom is 0.475 e. The number of carbonyl (C=O) groups is 6. The zero-order valence-corrected chi connectivity index (χ0v) is 35.3. The lowest BCUT2D eigenvalue weighted by molar-refractivity contribution is -0.141. The number of carbonyl (C=O) groups excluding carboxylic acids is 3. The van der Waals surface area contributed by atoms with Crippen LogP contribution in [0.1, 0.15) is 36.5 Å². The third kappa shape index (κ3) is 14.6. The lowest BCUT2D eigenvalue weighted by atomic mass is 9.78. The van der Waals surface area contributed by atoms with E-state index in [0.717, 1.165) is 6.54 Å². The number of amides is 3. The molecule has 5 rings (SSSR count). The van der Waals surface area contributed by atoms with Crippen LogP contribution < -0.4 is 10.1 Å². The number of fused-ring (bicyclic) bond motifs is 1. The average molecular weight is 870 g/mol. The Labute approximate surface area is 360 Å². The van der Waals surface area contributed by atoms with Gasteiger partial charge in [0.15, 0.2) is 0 Å². The summed E-state index contributed by atoms with van der Waals surface area (Å²) < 4.78 is 6.07. The van der Waals surface area contributed by atoms with E-state index in [-0.39, 0.29) is 38.0 Å². The monoisotopic (exact) mass is 869 g/mol. The average Bonchev–Trinajstić information content (AvgIpc) is 3.73. The molecule has 0 unspecified atom stereocenters. The number of aliphatic carboxylic acids is 3. The van der Waals surface area contributed by atoms with Gasteiger partial charge in [-0.2, -0.15) is 0 Å². The third-order valence-electron chi connectivity index (χ3n) is 11.6. The minimum Gasteiger partial charge on any atom is -0.494 e. The molecule has 1 aromatic heterocycles. The Kier molecular flexibility index (Phi) is 18.2. The van der Waals surface area contributed by atoms with Crippen molar-refractivity contribution in [1.82, 2.24) is 44.6 Å². The van der Waals surface area contributed by atoms with Crippen molar-refractivity contribution in [2.24, 2.45) is 0 Å². The van der Waals surface area contributed by atoms with E-state index in [1.165, 1.54) is 11.1 Å². The SMILES string of the molecule is C[C@@H](NC(=O)c1ccnc2ccc(OCCCN3CCN(C(=O)CN4CCN(CC(=O)O)CCN(CC(=O)O)CCN(CC(=O)O)CC4)CC3)cc12)C(=O)N1CCC[C@H]1B(O)O. The van der Waals surface area contributed by atoms with Gasteiger partial charge in [-0.05, 0) is 50.5 Å². The summed E-state index contributed by atoms with van der Waals surface area (Å²) in [4.78, 5) is 91.6. The van der Waals surface area contributed by atoms with Crippen LogP contribution in [0.4, 0.5) is 0 Å². The highest BCUT2D eigenvalue weighted by molar-refractivity contribution is 6.43. The van der Waals surface area contributed by atoms with Crippen LogP contribution in [-0.2, 0) is 24.0 Å². The Morgan fingerprint density at radius 1 is 0.742 bits per heavy atom. The molecule has 0 spiro atoms. The molecule has 0 radical (unpaired) electrons. The molecule has 0 saturated carbocycles. The quantitative estimate of drug-likeness (QED) is 0.0725. The highest BCUT2D eigenvalue weighted by atomic mass is 16.5. The lowest BCUT2D eigenvalue weighted by Gasteiger charge is -2.37. The van der Waals surface area contributed by atoms with Gasteiger partial charge in [0.25, 0.3) is 5.91 Å². The van der Waals surface area contributed by atoms with E-state index in [9.17, 15) is 54.1 Å². The standard InChI is InChI=1S/C40H60BN9O12/c1-29(40(59)50-10-2-4-34(50)41(60)61)43-39(58)31-7-8-42-33-6-5-30(24-32(31)33)62-23-3-9-44-19-21-49(22-20-44)35(51)25-45-11-13-46(26-36(52)53)15-17-48(28-38(56)57)18-16-47(14-12-45)27-37(54)55/h5-8,24,29,34,60-61H,2-4,9-23,25-28H2,1H3,(H,43,58)(H,52,53)(H,54,55)(H,56,57)/t29-,34+/m1/s1. The second kappa shape index (κ2) is 23.5. The summed E-state index contributed by atoms with van der Waals surface area (Å²) >= 11 is 0. The van der Waals surface area contributed by atoms with Crippen molar-refractivity contribution in [1.29, 1.82) is 0 Å². The molecule has 22 heteroatoms. The van der Waals surface area contributed by atoms with Gasteiger partial charge in [-0.1, -0.05) is 0 Å². The van der Waals surface area contributed by atoms with Crippen LogP contribution in [0.2, 0.25) is 0 Å². The predicted octanol–water partition coefficient (Wildman–Crippen LogP) is -2.26. The summed E-state index contributed by atoms with van der Waals surface area (Å²) in [6, 6.07) is 5.97. The Morgan fingerprint density at radius 2 is 1.27 bits per heavy atom. The van der Waals surface area contributed by atoms with E-state index in [2.05, 4.69) is 15.2 Å². The van der Waals surface area contributed by atoms with Gasteiger partial charge in [0.1, 0.15) is 11.8 Å². The number of carboxylic acid groups (broad SMARTS) is 3. The third-order valence-corrected chi connectivity index (χ3v) is 11.6. The minimum absolute atomic E-state index is 0.0658. The van der Waals surface area contributed by atoms with Crippen molar-refractivity contribution in [2.75, 3.05) is 124 Å². The van der Waals surface area contributed by atoms with E-state index < -0.39 is 42.9 Å². The number of nitrogens with one attached hydrogen (secondary N) is 1. The lowest BCUT2D eigenvalue weighted by Crippen LogP contribution is -2.53. The van der Waals surface area contributed by atoms with Crippen molar-refractivity contribution in [3.05, 3.63) is 36.0 Å². The van der Waals surface area contributed by atoms with Crippen molar-refractivity contribution in [2.45, 2.75) is 38.2 Å². The fourth-order valence-corrected chi connectivity index (χ4v) is 8.15. The maximum atomic E-state index is 13.6. The van der Waals surface area contributed by atoms with Gasteiger partial charge in [0, 0.05) is 103 Å². The van der Waals surface area contributed by atoms with Gasteiger partial charge >= 0.3 is 25.0 Å². The van der Waals surface area contributed by atoms with Crippen molar-refractivity contribution in [3.8, 4) is 5.75 Å². The van der Waals surface area contributed by atoms with E-state index in [4.69, 9.17) is 4.74 Å². The molecule has 1 aromatic carbocycles. The first-order valence-electron chi connectivity index (χ1n) is 21.2. The number of hydrogen-bond acceptors (Lipinski definition) is 15. The molecule has 2 aromatic rings. The number of piperazine rings is 1. The highest BCUT2D eigenvalue weighted by Crippen LogP contribution is 2.24. The zero-order valence-electron chi connectivity index (χ0n) is 35.3. The number of nitrogens with zero attached hydrogens (tertiary/aromatic N) is 8. The van der Waals surface area contributed by atoms with Gasteiger partial charge in [0.2, 0.25) is 11.8 Å². The van der Waals surface area contributed by atoms with Crippen molar-refractivity contribution < 1.29 is 58.9 Å². The smallest absolute Gasteiger partial charge is 0.475 e. The summed E-state index contributed by atoms with van der Waals surface area (Å²) in [5, 5.41) is 51.1. The largest absolute Gasteiger partial charge is 0.494 e. The highest BCUT2D eigenvalue weighted by Gasteiger charge is 2.38. The molecule has 3 saturated heterocycles. The zero-order chi connectivity index (χ0) is 44.8. The molecule has 62 heavy (non-hydrogen) atoms. The fraction of sp³-hybridized carbons (Fsp3) is 0.625. The van der Waals surface area contributed by atoms with Crippen molar-refractivity contribution >= 4 is 53.7 Å². The van der Waals surface area contributed by atoms with Crippen LogP contribution in [0.25, 0.3) is 10.9 Å². The molecule has 6 N–H and O–H groups in total. The number of benzene rings is 1. The number of pyridine rings is 1. The molecule has 2 atom stereocenters. The molecule has 0 aliphatic carbocycles. The summed E-state index contributed by atoms with van der Waals surface area (Å²) in [7, 11) is -1.65. The van der Waals surface area contributed by atoms with Gasteiger partial charge in [-0.3, -0.25) is 58.3 Å². The van der Waals surface area contributed by atoms with Crippen LogP contribution in [0.5, 0.6) is 5.75 Å². The first-order chi connectivity index (χ1) is 29.7. The molecule has 340 valence electrons. The van der Waals surface area contributed by atoms with E-state index in [0.29, 0.717) is 133 Å². The minimum atomic E-state index is -1.65. The van der Waals surface area contributed by atoms with E-state index in [1.807, 2.05) is 9.80 Å². The van der Waals surface area contributed by atoms with Gasteiger partial charge in [-0.25, -0.2) is 0 Å². The summed E-state index contributed by atoms with van der Waals surface area (Å²) in [6.45, 7) is 7.47. The normalized spacial score (nSPS) is 20.0. The summed E-state index contributed by atoms with van der Waals surface area (Å²) in [6.07, 6.45) is 3.34. The Balaban J connectivity index is 1.09. The van der Waals surface area contributed by atoms with Crippen LogP contribution in [-0.4, -0.2) is 244 Å². The van der Waals surface area contributed by atoms with Crippen LogP contribution >= 0.6 is 0 Å². The molecule has 3 fully saturated rings. The molecular weight excluding hydrogens is 809 g/mol. The fourth-order valence-electron chi connectivity index (χ4n) is 8.15. The number of likely N-dealkylation sites (tertiary alicyclic amines) is 1. The first-order valence-corrected chi connectivity index (χ1v) is 21.2. The molecule has 21 nitrogen and oxygen atoms in total. The number of aromatic nitrogens is 1. The number of hydrogen-bond donors (Lipinski definition) is 6. The first kappa shape index (κ1) is 48.1. The Hall–Kier alpha value is -4.97. The van der Waals surface area contributed by atoms with Gasteiger partial charge < -0.3 is 45.2 Å². The second-order valence-electron chi connectivity index (χ2n) is 16.1. The van der Waals surface area contributed by atoms with Gasteiger partial charge in [-0.15, -0.1) is 0 Å². The molecular formula is C40H60BN9O12.